The molecule has 3 rings (SSSR count). The Morgan fingerprint density at radius 3 is 2.52 bits per heavy atom. The lowest BCUT2D eigenvalue weighted by molar-refractivity contribution is -0.133. The summed E-state index contributed by atoms with van der Waals surface area (Å²) in [5.74, 6) is 0.550. The molecule has 0 saturated heterocycles. The van der Waals surface area contributed by atoms with Crippen molar-refractivity contribution in [1.82, 2.24) is 14.4 Å². The van der Waals surface area contributed by atoms with Crippen LogP contribution >= 0.6 is 0 Å². The molecule has 0 aliphatic heterocycles. The molecule has 0 aliphatic rings. The van der Waals surface area contributed by atoms with E-state index >= 15 is 0 Å². The molecule has 0 spiro atoms. The molecule has 0 aliphatic carbocycles. The topological polar surface area (TPSA) is 70.7 Å². The van der Waals surface area contributed by atoms with Crippen LogP contribution in [0.15, 0.2) is 65.4 Å². The van der Waals surface area contributed by atoms with Crippen LogP contribution in [-0.2, 0) is 24.9 Å². The van der Waals surface area contributed by atoms with Gasteiger partial charge in [0, 0.05) is 30.7 Å². The van der Waals surface area contributed by atoms with Crippen molar-refractivity contribution in [2.45, 2.75) is 39.9 Å². The average molecular weight is 423 g/mol. The molecule has 0 radical (unpaired) electrons. The highest BCUT2D eigenvalue weighted by Crippen LogP contribution is 2.15. The van der Waals surface area contributed by atoms with Crippen molar-refractivity contribution >= 4 is 17.6 Å². The first-order valence-electron chi connectivity index (χ1n) is 10.4. The van der Waals surface area contributed by atoms with Gasteiger partial charge < -0.3 is 24.1 Å². The number of aromatic nitrogens is 1. The summed E-state index contributed by atoms with van der Waals surface area (Å²) in [5.41, 5.74) is 2.76. The Balaban J connectivity index is 1.74. The molecule has 0 bridgehead atoms. The fourth-order valence-electron chi connectivity index (χ4n) is 3.33. The summed E-state index contributed by atoms with van der Waals surface area (Å²) < 4.78 is 7.44. The van der Waals surface area contributed by atoms with Crippen LogP contribution in [0.3, 0.4) is 0 Å². The van der Waals surface area contributed by atoms with Gasteiger partial charge in [0.2, 0.25) is 5.91 Å². The number of rotatable bonds is 8. The maximum Gasteiger partial charge on any atom is 0.322 e. The Morgan fingerprint density at radius 1 is 1.10 bits per heavy atom. The molecule has 0 unspecified atom stereocenters. The predicted molar refractivity (Wildman–Crippen MR) is 120 cm³/mol. The molecule has 3 amide bonds. The van der Waals surface area contributed by atoms with Gasteiger partial charge >= 0.3 is 6.03 Å². The number of benzene rings is 1. The van der Waals surface area contributed by atoms with Gasteiger partial charge in [-0.25, -0.2) is 4.79 Å². The second-order valence-electron chi connectivity index (χ2n) is 7.96. The van der Waals surface area contributed by atoms with E-state index in [0.717, 1.165) is 11.3 Å². The maximum atomic E-state index is 13.3. The minimum Gasteiger partial charge on any atom is -0.467 e. The Morgan fingerprint density at radius 2 is 1.90 bits per heavy atom. The molecule has 2 heterocycles. The Labute approximate surface area is 183 Å². The number of carbonyl (C=O) groups excluding carboxylic acids is 2. The molecule has 7 nitrogen and oxygen atoms in total. The molecule has 3 aromatic rings. The van der Waals surface area contributed by atoms with Crippen molar-refractivity contribution in [3.63, 3.8) is 0 Å². The van der Waals surface area contributed by atoms with Crippen LogP contribution in [0, 0.1) is 6.92 Å². The van der Waals surface area contributed by atoms with E-state index in [1.165, 1.54) is 0 Å². The van der Waals surface area contributed by atoms with E-state index < -0.39 is 0 Å². The van der Waals surface area contributed by atoms with Gasteiger partial charge in [-0.2, -0.15) is 0 Å². The van der Waals surface area contributed by atoms with Crippen LogP contribution in [0.2, 0.25) is 0 Å². The van der Waals surface area contributed by atoms with E-state index in [2.05, 4.69) is 5.32 Å². The summed E-state index contributed by atoms with van der Waals surface area (Å²) in [6, 6.07) is 14.7. The van der Waals surface area contributed by atoms with Crippen LogP contribution in [0.1, 0.15) is 30.9 Å². The van der Waals surface area contributed by atoms with Crippen molar-refractivity contribution in [1.29, 1.82) is 0 Å². The largest absolute Gasteiger partial charge is 0.467 e. The third kappa shape index (κ3) is 6.01. The number of furan rings is 1. The van der Waals surface area contributed by atoms with E-state index in [1.54, 1.807) is 22.1 Å². The highest BCUT2D eigenvalue weighted by molar-refractivity contribution is 5.92. The van der Waals surface area contributed by atoms with Gasteiger partial charge in [-0.1, -0.05) is 12.1 Å². The molecule has 2 aromatic heterocycles. The third-order valence-electron chi connectivity index (χ3n) is 5.14. The van der Waals surface area contributed by atoms with Crippen LogP contribution in [0.5, 0.6) is 0 Å². The van der Waals surface area contributed by atoms with Crippen molar-refractivity contribution in [2.75, 3.05) is 11.9 Å². The second kappa shape index (κ2) is 10.0. The van der Waals surface area contributed by atoms with Crippen molar-refractivity contribution in [3.05, 3.63) is 78.0 Å². The van der Waals surface area contributed by atoms with Gasteiger partial charge in [0.05, 0.1) is 19.4 Å². The van der Waals surface area contributed by atoms with E-state index in [9.17, 15) is 9.59 Å². The first kappa shape index (κ1) is 22.2. The number of nitrogens with one attached hydrogen (secondary N) is 1. The molecule has 1 aromatic carbocycles. The van der Waals surface area contributed by atoms with Crippen LogP contribution in [0.4, 0.5) is 10.5 Å². The Kier molecular flexibility index (Phi) is 7.18. The van der Waals surface area contributed by atoms with Crippen LogP contribution < -0.4 is 5.32 Å². The van der Waals surface area contributed by atoms with E-state index in [4.69, 9.17) is 4.42 Å². The van der Waals surface area contributed by atoms with Crippen molar-refractivity contribution in [3.8, 4) is 0 Å². The fraction of sp³-hybridized carbons (Fsp3) is 0.333. The lowest BCUT2D eigenvalue weighted by Gasteiger charge is -2.30. The molecular weight excluding hydrogens is 392 g/mol. The number of anilines is 1. The highest BCUT2D eigenvalue weighted by atomic mass is 16.3. The molecule has 1 N–H and O–H groups in total. The highest BCUT2D eigenvalue weighted by Gasteiger charge is 2.25. The summed E-state index contributed by atoms with van der Waals surface area (Å²) in [4.78, 5) is 29.5. The molecule has 0 fully saturated rings. The number of carbonyl (C=O) groups is 2. The fourth-order valence-corrected chi connectivity index (χ4v) is 3.33. The standard InChI is InChI=1S/C24H30N4O3/c1-18(2)28(24(30)25-20-9-5-8-19(3)14-20)17-23(29)27(16-22-11-7-13-31-22)15-21-10-6-12-26(21)4/h5-14,18H,15-17H2,1-4H3,(H,25,30). The summed E-state index contributed by atoms with van der Waals surface area (Å²) in [7, 11) is 1.95. The molecule has 0 atom stereocenters. The van der Waals surface area contributed by atoms with Gasteiger partial charge in [-0.15, -0.1) is 0 Å². The van der Waals surface area contributed by atoms with Crippen LogP contribution in [0.25, 0.3) is 0 Å². The zero-order chi connectivity index (χ0) is 22.4. The first-order valence-corrected chi connectivity index (χ1v) is 10.4. The van der Waals surface area contributed by atoms with Crippen LogP contribution in [-0.4, -0.2) is 38.9 Å². The second-order valence-corrected chi connectivity index (χ2v) is 7.96. The van der Waals surface area contributed by atoms with Crippen molar-refractivity contribution in [2.24, 2.45) is 7.05 Å². The first-order chi connectivity index (χ1) is 14.8. The number of amides is 3. The van der Waals surface area contributed by atoms with Crippen molar-refractivity contribution < 1.29 is 14.0 Å². The lowest BCUT2D eigenvalue weighted by atomic mass is 10.2. The molecular formula is C24H30N4O3. The number of hydrogen-bond donors (Lipinski definition) is 1. The number of urea groups is 1. The van der Waals surface area contributed by atoms with Gasteiger partial charge in [-0.3, -0.25) is 4.79 Å². The van der Waals surface area contributed by atoms with Gasteiger partial charge in [0.15, 0.2) is 0 Å². The molecule has 0 saturated carbocycles. The summed E-state index contributed by atoms with van der Waals surface area (Å²) in [5, 5.41) is 2.90. The number of hydrogen-bond acceptors (Lipinski definition) is 3. The zero-order valence-corrected chi connectivity index (χ0v) is 18.5. The van der Waals surface area contributed by atoms with E-state index in [0.29, 0.717) is 24.5 Å². The monoisotopic (exact) mass is 422 g/mol. The summed E-state index contributed by atoms with van der Waals surface area (Å²) >= 11 is 0. The smallest absolute Gasteiger partial charge is 0.322 e. The van der Waals surface area contributed by atoms with E-state index in [1.807, 2.05) is 81.0 Å². The molecule has 164 valence electrons. The van der Waals surface area contributed by atoms with Gasteiger partial charge in [-0.05, 0) is 62.7 Å². The normalized spacial score (nSPS) is 10.9. The lowest BCUT2D eigenvalue weighted by Crippen LogP contribution is -2.47. The quantitative estimate of drug-likeness (QED) is 0.585. The summed E-state index contributed by atoms with van der Waals surface area (Å²) in [6.45, 7) is 6.50. The Bertz CT molecular complexity index is 1010. The minimum absolute atomic E-state index is 0.0273. The van der Waals surface area contributed by atoms with Gasteiger partial charge in [0.25, 0.3) is 0 Å². The number of aryl methyl sites for hydroxylation is 2. The summed E-state index contributed by atoms with van der Waals surface area (Å²) in [6.07, 6.45) is 3.54. The SMILES string of the molecule is Cc1cccc(NC(=O)N(CC(=O)N(Cc2ccco2)Cc2cccn2C)C(C)C)c1. The Hall–Kier alpha value is -3.48. The third-order valence-corrected chi connectivity index (χ3v) is 5.14. The van der Waals surface area contributed by atoms with E-state index in [-0.39, 0.29) is 24.5 Å². The molecule has 31 heavy (non-hydrogen) atoms. The van der Waals surface area contributed by atoms with Gasteiger partial charge in [0.1, 0.15) is 12.3 Å². The molecule has 7 heteroatoms. The minimum atomic E-state index is -0.300. The number of nitrogens with zero attached hydrogens (tertiary/aromatic N) is 3. The average Bonchev–Trinajstić information content (AvgIpc) is 3.37. The maximum absolute atomic E-state index is 13.3. The zero-order valence-electron chi connectivity index (χ0n) is 18.5. The predicted octanol–water partition coefficient (Wildman–Crippen LogP) is 4.40.